The van der Waals surface area contributed by atoms with Crippen molar-refractivity contribution in [1.29, 1.82) is 0 Å². The van der Waals surface area contributed by atoms with Crippen molar-refractivity contribution in [3.8, 4) is 11.5 Å². The van der Waals surface area contributed by atoms with E-state index in [0.717, 1.165) is 48.8 Å². The predicted molar refractivity (Wildman–Crippen MR) is 137 cm³/mol. The first kappa shape index (κ1) is 27.6. The molecule has 1 unspecified atom stereocenters. The average Bonchev–Trinajstić information content (AvgIpc) is 2.72. The molecule has 0 bridgehead atoms. The first-order valence-corrected chi connectivity index (χ1v) is 12.5. The predicted octanol–water partition coefficient (Wildman–Crippen LogP) is 9.06. The minimum atomic E-state index is 0.0402. The fourth-order valence-corrected chi connectivity index (χ4v) is 3.54. The number of methoxy groups -OCH3 is 1. The van der Waals surface area contributed by atoms with E-state index in [-0.39, 0.29) is 10.8 Å². The van der Waals surface area contributed by atoms with Gasteiger partial charge in [0.25, 0.3) is 0 Å². The van der Waals surface area contributed by atoms with Crippen LogP contribution in [0.15, 0.2) is 18.2 Å². The normalized spacial score (nSPS) is 13.8. The average molecular weight is 431 g/mol. The van der Waals surface area contributed by atoms with Crippen molar-refractivity contribution >= 4 is 6.08 Å². The van der Waals surface area contributed by atoms with Gasteiger partial charge >= 0.3 is 0 Å². The van der Waals surface area contributed by atoms with Gasteiger partial charge in [0.05, 0.1) is 13.7 Å². The van der Waals surface area contributed by atoms with Gasteiger partial charge in [0.2, 0.25) is 0 Å². The van der Waals surface area contributed by atoms with Gasteiger partial charge in [0, 0.05) is 11.1 Å². The summed E-state index contributed by atoms with van der Waals surface area (Å²) in [5.41, 5.74) is 2.54. The molecule has 1 aromatic carbocycles. The van der Waals surface area contributed by atoms with Crippen molar-refractivity contribution in [3.63, 3.8) is 0 Å². The Labute approximate surface area is 193 Å². The van der Waals surface area contributed by atoms with Gasteiger partial charge in [-0.25, -0.2) is 0 Å². The molecule has 2 heteroatoms. The Bertz CT molecular complexity index is 682. The summed E-state index contributed by atoms with van der Waals surface area (Å²) < 4.78 is 12.2. The lowest BCUT2D eigenvalue weighted by Crippen LogP contribution is -2.17. The molecule has 0 saturated carbocycles. The van der Waals surface area contributed by atoms with Crippen LogP contribution in [0.4, 0.5) is 0 Å². The van der Waals surface area contributed by atoms with Gasteiger partial charge in [-0.2, -0.15) is 0 Å². The van der Waals surface area contributed by atoms with Gasteiger partial charge in [-0.15, -0.1) is 0 Å². The standard InChI is InChI=1S/C29H50O2/c1-11-28(6,7)18-16-24-20-27(30-10)25(29(8,9)12-2)21-26(24)31-19-17-23(5)15-13-14-22(3)4/h16,18,20-23H,11-15,17,19H2,1-10H3/b18-16+. The third kappa shape index (κ3) is 9.29. The van der Waals surface area contributed by atoms with E-state index < -0.39 is 0 Å². The SMILES string of the molecule is CCC(C)(C)/C=C/c1cc(OC)c(C(C)(C)CC)cc1OCCC(C)CCCC(C)C. The van der Waals surface area contributed by atoms with Crippen LogP contribution in [-0.4, -0.2) is 13.7 Å². The number of rotatable bonds is 14. The van der Waals surface area contributed by atoms with E-state index in [4.69, 9.17) is 9.47 Å². The van der Waals surface area contributed by atoms with Gasteiger partial charge in [0.1, 0.15) is 11.5 Å². The second kappa shape index (κ2) is 12.6. The Morgan fingerprint density at radius 2 is 1.58 bits per heavy atom. The van der Waals surface area contributed by atoms with Crippen molar-refractivity contribution in [3.05, 3.63) is 29.3 Å². The van der Waals surface area contributed by atoms with Crippen LogP contribution in [0.25, 0.3) is 6.08 Å². The molecule has 0 aliphatic rings. The Balaban J connectivity index is 3.08. The smallest absolute Gasteiger partial charge is 0.127 e. The molecule has 0 amide bonds. The first-order valence-electron chi connectivity index (χ1n) is 12.5. The van der Waals surface area contributed by atoms with E-state index in [1.165, 1.54) is 24.8 Å². The second-order valence-corrected chi connectivity index (χ2v) is 11.1. The fraction of sp³-hybridized carbons (Fsp3) is 0.724. The van der Waals surface area contributed by atoms with E-state index >= 15 is 0 Å². The molecule has 0 fully saturated rings. The lowest BCUT2D eigenvalue weighted by atomic mass is 9.81. The summed E-state index contributed by atoms with van der Waals surface area (Å²) in [5, 5.41) is 0. The minimum Gasteiger partial charge on any atom is -0.496 e. The van der Waals surface area contributed by atoms with E-state index in [0.29, 0.717) is 5.92 Å². The third-order valence-electron chi connectivity index (χ3n) is 6.92. The van der Waals surface area contributed by atoms with Crippen LogP contribution in [0.3, 0.4) is 0 Å². The maximum atomic E-state index is 6.41. The lowest BCUT2D eigenvalue weighted by Gasteiger charge is -2.27. The number of ether oxygens (including phenoxy) is 2. The number of allylic oxidation sites excluding steroid dienone is 1. The van der Waals surface area contributed by atoms with E-state index in [1.807, 2.05) is 0 Å². The van der Waals surface area contributed by atoms with Crippen molar-refractivity contribution in [2.75, 3.05) is 13.7 Å². The highest BCUT2D eigenvalue weighted by molar-refractivity contribution is 5.63. The molecule has 1 aromatic rings. The third-order valence-corrected chi connectivity index (χ3v) is 6.92. The van der Waals surface area contributed by atoms with Gasteiger partial charge in [-0.05, 0) is 54.1 Å². The van der Waals surface area contributed by atoms with Crippen molar-refractivity contribution in [2.45, 2.75) is 106 Å². The summed E-state index contributed by atoms with van der Waals surface area (Å²) in [4.78, 5) is 0. The topological polar surface area (TPSA) is 18.5 Å². The maximum absolute atomic E-state index is 6.41. The molecule has 0 radical (unpaired) electrons. The van der Waals surface area contributed by atoms with Crippen molar-refractivity contribution in [2.24, 2.45) is 17.3 Å². The highest BCUT2D eigenvalue weighted by Crippen LogP contribution is 2.39. The summed E-state index contributed by atoms with van der Waals surface area (Å²) >= 11 is 0. The van der Waals surface area contributed by atoms with Crippen LogP contribution in [0.5, 0.6) is 11.5 Å². The van der Waals surface area contributed by atoms with Crippen LogP contribution in [0.1, 0.15) is 112 Å². The van der Waals surface area contributed by atoms with Crippen LogP contribution in [0.2, 0.25) is 0 Å². The molecule has 0 aromatic heterocycles. The molecule has 0 saturated heterocycles. The Morgan fingerprint density at radius 1 is 0.903 bits per heavy atom. The number of benzene rings is 1. The summed E-state index contributed by atoms with van der Waals surface area (Å²) in [6.45, 7) is 21.3. The molecular weight excluding hydrogens is 380 g/mol. The van der Waals surface area contributed by atoms with Crippen LogP contribution < -0.4 is 9.47 Å². The fourth-order valence-electron chi connectivity index (χ4n) is 3.54. The Hall–Kier alpha value is -1.44. The van der Waals surface area contributed by atoms with Gasteiger partial charge in [-0.3, -0.25) is 0 Å². The molecule has 0 N–H and O–H groups in total. The van der Waals surface area contributed by atoms with Crippen LogP contribution in [-0.2, 0) is 5.41 Å². The summed E-state index contributed by atoms with van der Waals surface area (Å²) in [7, 11) is 1.77. The van der Waals surface area contributed by atoms with Crippen LogP contribution >= 0.6 is 0 Å². The quantitative estimate of drug-likeness (QED) is 0.293. The molecule has 31 heavy (non-hydrogen) atoms. The Kier molecular flexibility index (Phi) is 11.2. The highest BCUT2D eigenvalue weighted by Gasteiger charge is 2.25. The summed E-state index contributed by atoms with van der Waals surface area (Å²) in [5.74, 6) is 3.43. The second-order valence-electron chi connectivity index (χ2n) is 11.1. The van der Waals surface area contributed by atoms with E-state index in [1.54, 1.807) is 7.11 Å². The van der Waals surface area contributed by atoms with Crippen molar-refractivity contribution < 1.29 is 9.47 Å². The number of hydrogen-bond acceptors (Lipinski definition) is 2. The van der Waals surface area contributed by atoms with E-state index in [2.05, 4.69) is 86.6 Å². The van der Waals surface area contributed by atoms with Crippen LogP contribution in [0, 0.1) is 17.3 Å². The molecule has 0 aliphatic heterocycles. The maximum Gasteiger partial charge on any atom is 0.127 e. The van der Waals surface area contributed by atoms with Gasteiger partial charge < -0.3 is 9.47 Å². The molecule has 0 spiro atoms. The van der Waals surface area contributed by atoms with Crippen molar-refractivity contribution in [1.82, 2.24) is 0 Å². The molecule has 1 atom stereocenters. The largest absolute Gasteiger partial charge is 0.496 e. The zero-order valence-corrected chi connectivity index (χ0v) is 22.2. The number of hydrogen-bond donors (Lipinski definition) is 0. The zero-order chi connectivity index (χ0) is 23.7. The summed E-state index contributed by atoms with van der Waals surface area (Å²) in [6, 6.07) is 4.39. The van der Waals surface area contributed by atoms with Gasteiger partial charge in [-0.1, -0.05) is 93.7 Å². The molecular formula is C29H50O2. The van der Waals surface area contributed by atoms with Gasteiger partial charge in [0.15, 0.2) is 0 Å². The molecule has 2 nitrogen and oxygen atoms in total. The zero-order valence-electron chi connectivity index (χ0n) is 22.2. The minimum absolute atomic E-state index is 0.0402. The molecule has 0 aliphatic carbocycles. The monoisotopic (exact) mass is 430 g/mol. The van der Waals surface area contributed by atoms with E-state index in [9.17, 15) is 0 Å². The summed E-state index contributed by atoms with van der Waals surface area (Å²) in [6.07, 6.45) is 11.7. The molecule has 0 heterocycles. The highest BCUT2D eigenvalue weighted by atomic mass is 16.5. The molecule has 178 valence electrons. The first-order chi connectivity index (χ1) is 14.5. The molecule has 1 rings (SSSR count). The lowest BCUT2D eigenvalue weighted by molar-refractivity contribution is 0.273. The Morgan fingerprint density at radius 3 is 2.13 bits per heavy atom.